The molecule has 1 aromatic rings. The number of nitrogens with zero attached hydrogens (tertiary/aromatic N) is 2. The van der Waals surface area contributed by atoms with E-state index in [4.69, 9.17) is 5.10 Å². The predicted octanol–water partition coefficient (Wildman–Crippen LogP) is 4.47. The minimum atomic E-state index is 0.658. The minimum absolute atomic E-state index is 0.658. The van der Waals surface area contributed by atoms with Crippen LogP contribution >= 0.6 is 22.6 Å². The van der Waals surface area contributed by atoms with Gasteiger partial charge in [0, 0.05) is 12.7 Å². The van der Waals surface area contributed by atoms with E-state index in [1.54, 1.807) is 0 Å². The molecule has 0 amide bonds. The smallest absolute Gasteiger partial charge is 0.0762 e. The maximum absolute atomic E-state index is 4.73. The Balaban J connectivity index is 1.60. The first-order valence-electron chi connectivity index (χ1n) is 8.21. The quantitative estimate of drug-likeness (QED) is 0.384. The summed E-state index contributed by atoms with van der Waals surface area (Å²) in [6.45, 7) is 2.05. The molecule has 2 rings (SSSR count). The average molecular weight is 389 g/mol. The van der Waals surface area contributed by atoms with Gasteiger partial charge < -0.3 is 5.32 Å². The second kappa shape index (κ2) is 9.77. The van der Waals surface area contributed by atoms with Crippen molar-refractivity contribution in [1.82, 2.24) is 15.1 Å². The summed E-state index contributed by atoms with van der Waals surface area (Å²) in [4.78, 5) is 0. The van der Waals surface area contributed by atoms with Gasteiger partial charge in [-0.25, -0.2) is 0 Å². The van der Waals surface area contributed by atoms with E-state index >= 15 is 0 Å². The Kier molecular flexibility index (Phi) is 7.95. The molecule has 0 unspecified atom stereocenters. The van der Waals surface area contributed by atoms with Crippen molar-refractivity contribution in [3.63, 3.8) is 0 Å². The molecule has 0 aromatic carbocycles. The third kappa shape index (κ3) is 5.72. The molecule has 0 aliphatic heterocycles. The van der Waals surface area contributed by atoms with Gasteiger partial charge >= 0.3 is 0 Å². The molecule has 3 nitrogen and oxygen atoms in total. The van der Waals surface area contributed by atoms with Crippen LogP contribution in [0.3, 0.4) is 0 Å². The van der Waals surface area contributed by atoms with Crippen LogP contribution in [0.15, 0.2) is 12.3 Å². The second-order valence-electron chi connectivity index (χ2n) is 5.86. The second-order valence-corrected chi connectivity index (χ2v) is 6.94. The SMILES string of the molecule is ICCCCCCNCc1ccn(C2CCCCC2)n1. The number of nitrogens with one attached hydrogen (secondary N) is 1. The maximum atomic E-state index is 4.73. The molecule has 1 saturated carbocycles. The van der Waals surface area contributed by atoms with Crippen molar-refractivity contribution >= 4 is 22.6 Å². The van der Waals surface area contributed by atoms with Crippen molar-refractivity contribution < 1.29 is 0 Å². The lowest BCUT2D eigenvalue weighted by Crippen LogP contribution is -2.17. The Labute approximate surface area is 137 Å². The summed E-state index contributed by atoms with van der Waals surface area (Å²) < 4.78 is 3.50. The molecule has 1 fully saturated rings. The van der Waals surface area contributed by atoms with E-state index in [0.29, 0.717) is 6.04 Å². The molecule has 0 spiro atoms. The number of hydrogen-bond donors (Lipinski definition) is 1. The van der Waals surface area contributed by atoms with Gasteiger partial charge in [-0.05, 0) is 42.7 Å². The van der Waals surface area contributed by atoms with Gasteiger partial charge in [0.1, 0.15) is 0 Å². The summed E-state index contributed by atoms with van der Waals surface area (Å²) in [7, 11) is 0. The molecule has 0 saturated heterocycles. The van der Waals surface area contributed by atoms with Crippen LogP contribution in [0.5, 0.6) is 0 Å². The zero-order valence-corrected chi connectivity index (χ0v) is 14.6. The van der Waals surface area contributed by atoms with Gasteiger partial charge in [-0.2, -0.15) is 5.10 Å². The molecular formula is C16H28IN3. The van der Waals surface area contributed by atoms with E-state index in [0.717, 1.165) is 13.1 Å². The predicted molar refractivity (Wildman–Crippen MR) is 93.4 cm³/mol. The number of halogens is 1. The zero-order chi connectivity index (χ0) is 14.0. The Bertz CT molecular complexity index is 358. The number of aromatic nitrogens is 2. The third-order valence-corrected chi connectivity index (χ3v) is 4.92. The Hall–Kier alpha value is -0.100. The lowest BCUT2D eigenvalue weighted by atomic mass is 9.96. The topological polar surface area (TPSA) is 29.9 Å². The molecular weight excluding hydrogens is 361 g/mol. The van der Waals surface area contributed by atoms with E-state index in [-0.39, 0.29) is 0 Å². The van der Waals surface area contributed by atoms with E-state index in [9.17, 15) is 0 Å². The highest BCUT2D eigenvalue weighted by Crippen LogP contribution is 2.27. The van der Waals surface area contributed by atoms with E-state index < -0.39 is 0 Å². The average Bonchev–Trinajstić information content (AvgIpc) is 2.96. The molecule has 1 aliphatic rings. The highest BCUT2D eigenvalue weighted by Gasteiger charge is 2.15. The summed E-state index contributed by atoms with van der Waals surface area (Å²) in [5.74, 6) is 0. The van der Waals surface area contributed by atoms with Crippen LogP contribution in [0.1, 0.15) is 69.5 Å². The monoisotopic (exact) mass is 389 g/mol. The fourth-order valence-electron chi connectivity index (χ4n) is 2.94. The van der Waals surface area contributed by atoms with E-state index in [1.165, 1.54) is 67.9 Å². The molecule has 1 heterocycles. The van der Waals surface area contributed by atoms with Crippen LogP contribution in [-0.4, -0.2) is 20.8 Å². The highest BCUT2D eigenvalue weighted by molar-refractivity contribution is 14.1. The van der Waals surface area contributed by atoms with Crippen LogP contribution < -0.4 is 5.32 Å². The van der Waals surface area contributed by atoms with Gasteiger partial charge in [0.15, 0.2) is 0 Å². The van der Waals surface area contributed by atoms with Gasteiger partial charge in [-0.3, -0.25) is 4.68 Å². The van der Waals surface area contributed by atoms with Crippen molar-refractivity contribution in [3.8, 4) is 0 Å². The largest absolute Gasteiger partial charge is 0.311 e. The summed E-state index contributed by atoms with van der Waals surface area (Å²) in [6.07, 6.45) is 14.3. The van der Waals surface area contributed by atoms with Gasteiger partial charge in [-0.15, -0.1) is 0 Å². The molecule has 1 aliphatic carbocycles. The summed E-state index contributed by atoms with van der Waals surface area (Å²) in [5.41, 5.74) is 1.20. The standard InChI is InChI=1S/C16H28IN3/c17-11-6-1-2-7-12-18-14-15-10-13-20(19-15)16-8-4-3-5-9-16/h10,13,16,18H,1-9,11-12,14H2. The maximum Gasteiger partial charge on any atom is 0.0762 e. The molecule has 0 atom stereocenters. The highest BCUT2D eigenvalue weighted by atomic mass is 127. The van der Waals surface area contributed by atoms with Crippen molar-refractivity contribution in [2.45, 2.75) is 70.4 Å². The molecule has 114 valence electrons. The Morgan fingerprint density at radius 3 is 2.75 bits per heavy atom. The lowest BCUT2D eigenvalue weighted by Gasteiger charge is -2.21. The summed E-state index contributed by atoms with van der Waals surface area (Å²) >= 11 is 2.46. The normalized spacial score (nSPS) is 16.6. The van der Waals surface area contributed by atoms with Crippen molar-refractivity contribution in [3.05, 3.63) is 18.0 Å². The number of hydrogen-bond acceptors (Lipinski definition) is 2. The summed E-state index contributed by atoms with van der Waals surface area (Å²) in [6, 6.07) is 2.84. The number of unbranched alkanes of at least 4 members (excludes halogenated alkanes) is 3. The van der Waals surface area contributed by atoms with Crippen LogP contribution in [0.2, 0.25) is 0 Å². The molecule has 4 heteroatoms. The Morgan fingerprint density at radius 1 is 1.15 bits per heavy atom. The molecule has 20 heavy (non-hydrogen) atoms. The Morgan fingerprint density at radius 2 is 1.95 bits per heavy atom. The van der Waals surface area contributed by atoms with Crippen LogP contribution in [0.4, 0.5) is 0 Å². The number of rotatable bonds is 9. The molecule has 1 aromatic heterocycles. The fraction of sp³-hybridized carbons (Fsp3) is 0.812. The van der Waals surface area contributed by atoms with Crippen LogP contribution in [0, 0.1) is 0 Å². The van der Waals surface area contributed by atoms with E-state index in [2.05, 4.69) is 44.9 Å². The summed E-state index contributed by atoms with van der Waals surface area (Å²) in [5, 5.41) is 8.25. The van der Waals surface area contributed by atoms with Crippen molar-refractivity contribution in [2.24, 2.45) is 0 Å². The van der Waals surface area contributed by atoms with Crippen molar-refractivity contribution in [2.75, 3.05) is 11.0 Å². The molecule has 0 radical (unpaired) electrons. The fourth-order valence-corrected chi connectivity index (χ4v) is 3.47. The zero-order valence-electron chi connectivity index (χ0n) is 12.5. The lowest BCUT2D eigenvalue weighted by molar-refractivity contribution is 0.327. The van der Waals surface area contributed by atoms with Crippen molar-refractivity contribution in [1.29, 1.82) is 0 Å². The third-order valence-electron chi connectivity index (χ3n) is 4.16. The first kappa shape index (κ1) is 16.3. The van der Waals surface area contributed by atoms with E-state index in [1.807, 2.05) is 0 Å². The van der Waals surface area contributed by atoms with Gasteiger partial charge in [-0.1, -0.05) is 54.7 Å². The van der Waals surface area contributed by atoms with Crippen LogP contribution in [0.25, 0.3) is 0 Å². The van der Waals surface area contributed by atoms with Crippen LogP contribution in [-0.2, 0) is 6.54 Å². The minimum Gasteiger partial charge on any atom is -0.311 e. The first-order valence-corrected chi connectivity index (χ1v) is 9.73. The van der Waals surface area contributed by atoms with Gasteiger partial charge in [0.2, 0.25) is 0 Å². The first-order chi connectivity index (χ1) is 9.90. The van der Waals surface area contributed by atoms with Gasteiger partial charge in [0.05, 0.1) is 11.7 Å². The molecule has 0 bridgehead atoms. The molecule has 1 N–H and O–H groups in total. The number of alkyl halides is 1. The van der Waals surface area contributed by atoms with Gasteiger partial charge in [0.25, 0.3) is 0 Å².